The number of ether oxygens (including phenoxy) is 1. The summed E-state index contributed by atoms with van der Waals surface area (Å²) in [6.45, 7) is 6.21. The van der Waals surface area contributed by atoms with E-state index < -0.39 is 11.7 Å². The normalized spacial score (nSPS) is 13.3. The summed E-state index contributed by atoms with van der Waals surface area (Å²) in [5.41, 5.74) is -0.679. The maximum Gasteiger partial charge on any atom is 0.416 e. The van der Waals surface area contributed by atoms with Crippen molar-refractivity contribution in [3.8, 4) is 5.75 Å². The van der Waals surface area contributed by atoms with Gasteiger partial charge in [-0.25, -0.2) is 0 Å². The SMILES string of the molecule is CCCNCC(C)COc1cccc(C(F)(F)F)c1. The van der Waals surface area contributed by atoms with Crippen LogP contribution in [0.5, 0.6) is 5.75 Å². The summed E-state index contributed by atoms with van der Waals surface area (Å²) in [4.78, 5) is 0. The molecule has 1 aromatic rings. The van der Waals surface area contributed by atoms with Crippen LogP contribution in [0.4, 0.5) is 13.2 Å². The van der Waals surface area contributed by atoms with Crippen LogP contribution in [0, 0.1) is 5.92 Å². The molecule has 1 rings (SSSR count). The molecule has 0 aliphatic heterocycles. The Bertz CT molecular complexity index is 379. The quantitative estimate of drug-likeness (QED) is 0.766. The van der Waals surface area contributed by atoms with E-state index in [1.807, 2.05) is 6.92 Å². The molecule has 0 amide bonds. The highest BCUT2D eigenvalue weighted by atomic mass is 19.4. The van der Waals surface area contributed by atoms with E-state index in [0.717, 1.165) is 31.6 Å². The van der Waals surface area contributed by atoms with E-state index in [0.29, 0.717) is 6.61 Å². The fourth-order valence-electron chi connectivity index (χ4n) is 1.58. The van der Waals surface area contributed by atoms with Crippen LogP contribution in [0.3, 0.4) is 0 Å². The Morgan fingerprint density at radius 3 is 2.68 bits per heavy atom. The minimum atomic E-state index is -4.33. The van der Waals surface area contributed by atoms with E-state index in [2.05, 4.69) is 12.2 Å². The Balaban J connectivity index is 2.45. The molecule has 0 radical (unpaired) electrons. The molecule has 0 aromatic heterocycles. The molecule has 19 heavy (non-hydrogen) atoms. The summed E-state index contributed by atoms with van der Waals surface area (Å²) in [5.74, 6) is 0.512. The van der Waals surface area contributed by atoms with Crippen LogP contribution in [0.25, 0.3) is 0 Å². The number of halogens is 3. The van der Waals surface area contributed by atoms with E-state index in [9.17, 15) is 13.2 Å². The number of hydrogen-bond donors (Lipinski definition) is 1. The zero-order valence-electron chi connectivity index (χ0n) is 11.3. The van der Waals surface area contributed by atoms with Gasteiger partial charge in [0.1, 0.15) is 5.75 Å². The lowest BCUT2D eigenvalue weighted by molar-refractivity contribution is -0.137. The van der Waals surface area contributed by atoms with Gasteiger partial charge in [0.25, 0.3) is 0 Å². The Kier molecular flexibility index (Phi) is 6.15. The van der Waals surface area contributed by atoms with Gasteiger partial charge in [0, 0.05) is 12.5 Å². The van der Waals surface area contributed by atoms with Gasteiger partial charge in [-0.3, -0.25) is 0 Å². The van der Waals surface area contributed by atoms with E-state index in [4.69, 9.17) is 4.74 Å². The first-order chi connectivity index (χ1) is 8.93. The zero-order valence-corrected chi connectivity index (χ0v) is 11.3. The smallest absolute Gasteiger partial charge is 0.416 e. The Morgan fingerprint density at radius 2 is 2.05 bits per heavy atom. The fourth-order valence-corrected chi connectivity index (χ4v) is 1.58. The van der Waals surface area contributed by atoms with Crippen LogP contribution in [-0.2, 0) is 6.18 Å². The zero-order chi connectivity index (χ0) is 14.3. The van der Waals surface area contributed by atoms with Crippen molar-refractivity contribution in [2.45, 2.75) is 26.4 Å². The van der Waals surface area contributed by atoms with Crippen LogP contribution in [-0.4, -0.2) is 19.7 Å². The van der Waals surface area contributed by atoms with Gasteiger partial charge in [-0.05, 0) is 31.2 Å². The highest BCUT2D eigenvalue weighted by molar-refractivity contribution is 5.30. The third-order valence-electron chi connectivity index (χ3n) is 2.62. The third kappa shape index (κ3) is 5.96. The monoisotopic (exact) mass is 275 g/mol. The molecule has 0 spiro atoms. The number of hydrogen-bond acceptors (Lipinski definition) is 2. The first-order valence-corrected chi connectivity index (χ1v) is 6.44. The van der Waals surface area contributed by atoms with Crippen LogP contribution in [0.15, 0.2) is 24.3 Å². The second-order valence-corrected chi connectivity index (χ2v) is 4.65. The molecule has 0 fully saturated rings. The Labute approximate surface area is 112 Å². The third-order valence-corrected chi connectivity index (χ3v) is 2.62. The molecule has 0 saturated heterocycles. The average molecular weight is 275 g/mol. The molecule has 0 aliphatic rings. The molecule has 0 aliphatic carbocycles. The van der Waals surface area contributed by atoms with Crippen molar-refractivity contribution in [1.29, 1.82) is 0 Å². The molecular weight excluding hydrogens is 255 g/mol. The molecule has 5 heteroatoms. The molecule has 108 valence electrons. The number of rotatable bonds is 7. The summed E-state index contributed by atoms with van der Waals surface area (Å²) in [7, 11) is 0. The lowest BCUT2D eigenvalue weighted by Crippen LogP contribution is -2.25. The van der Waals surface area contributed by atoms with Crippen LogP contribution in [0.1, 0.15) is 25.8 Å². The highest BCUT2D eigenvalue weighted by Crippen LogP contribution is 2.31. The second kappa shape index (κ2) is 7.38. The lowest BCUT2D eigenvalue weighted by Gasteiger charge is -2.14. The first-order valence-electron chi connectivity index (χ1n) is 6.44. The Hall–Kier alpha value is -1.23. The van der Waals surface area contributed by atoms with Crippen molar-refractivity contribution >= 4 is 0 Å². The van der Waals surface area contributed by atoms with Gasteiger partial charge in [0.2, 0.25) is 0 Å². The maximum absolute atomic E-state index is 12.5. The van der Waals surface area contributed by atoms with Crippen LogP contribution >= 0.6 is 0 Å². The highest BCUT2D eigenvalue weighted by Gasteiger charge is 2.30. The van der Waals surface area contributed by atoms with Crippen molar-refractivity contribution < 1.29 is 17.9 Å². The van der Waals surface area contributed by atoms with Crippen LogP contribution in [0.2, 0.25) is 0 Å². The van der Waals surface area contributed by atoms with Gasteiger partial charge in [-0.2, -0.15) is 13.2 Å². The van der Waals surface area contributed by atoms with E-state index in [1.54, 1.807) is 6.07 Å². The first kappa shape index (κ1) is 15.8. The molecule has 1 N–H and O–H groups in total. The molecule has 0 heterocycles. The minimum absolute atomic E-state index is 0.251. The van der Waals surface area contributed by atoms with E-state index in [-0.39, 0.29) is 11.7 Å². The standard InChI is InChI=1S/C14H20F3NO/c1-3-7-18-9-11(2)10-19-13-6-4-5-12(8-13)14(15,16)17/h4-6,8,11,18H,3,7,9-10H2,1-2H3. The van der Waals surface area contributed by atoms with Crippen molar-refractivity contribution in [3.63, 3.8) is 0 Å². The van der Waals surface area contributed by atoms with Gasteiger partial charge in [0.05, 0.1) is 12.2 Å². The molecule has 0 bridgehead atoms. The lowest BCUT2D eigenvalue weighted by atomic mass is 10.2. The van der Waals surface area contributed by atoms with E-state index >= 15 is 0 Å². The summed E-state index contributed by atoms with van der Waals surface area (Å²) in [6, 6.07) is 4.98. The average Bonchev–Trinajstić information content (AvgIpc) is 2.36. The molecule has 1 aromatic carbocycles. The Morgan fingerprint density at radius 1 is 1.32 bits per heavy atom. The van der Waals surface area contributed by atoms with Gasteiger partial charge in [-0.15, -0.1) is 0 Å². The summed E-state index contributed by atoms with van der Waals surface area (Å²) in [5, 5.41) is 3.25. The van der Waals surface area contributed by atoms with E-state index in [1.165, 1.54) is 6.07 Å². The summed E-state index contributed by atoms with van der Waals surface area (Å²) in [6.07, 6.45) is -3.27. The molecule has 1 unspecified atom stereocenters. The number of nitrogens with one attached hydrogen (secondary N) is 1. The van der Waals surface area contributed by atoms with Gasteiger partial charge >= 0.3 is 6.18 Å². The fraction of sp³-hybridized carbons (Fsp3) is 0.571. The number of alkyl halides is 3. The largest absolute Gasteiger partial charge is 0.493 e. The van der Waals surface area contributed by atoms with Crippen LogP contribution < -0.4 is 10.1 Å². The van der Waals surface area contributed by atoms with Crippen molar-refractivity contribution in [2.24, 2.45) is 5.92 Å². The maximum atomic E-state index is 12.5. The molecule has 1 atom stereocenters. The van der Waals surface area contributed by atoms with Crippen molar-refractivity contribution in [2.75, 3.05) is 19.7 Å². The number of benzene rings is 1. The molecular formula is C14H20F3NO. The summed E-state index contributed by atoms with van der Waals surface area (Å²) < 4.78 is 42.9. The summed E-state index contributed by atoms with van der Waals surface area (Å²) >= 11 is 0. The van der Waals surface area contributed by atoms with Gasteiger partial charge in [-0.1, -0.05) is 19.9 Å². The topological polar surface area (TPSA) is 21.3 Å². The predicted octanol–water partition coefficient (Wildman–Crippen LogP) is 3.72. The minimum Gasteiger partial charge on any atom is -0.493 e. The van der Waals surface area contributed by atoms with Gasteiger partial charge < -0.3 is 10.1 Å². The van der Waals surface area contributed by atoms with Crippen molar-refractivity contribution in [1.82, 2.24) is 5.32 Å². The predicted molar refractivity (Wildman–Crippen MR) is 69.3 cm³/mol. The van der Waals surface area contributed by atoms with Crippen molar-refractivity contribution in [3.05, 3.63) is 29.8 Å². The molecule has 2 nitrogen and oxygen atoms in total. The second-order valence-electron chi connectivity index (χ2n) is 4.65. The molecule has 0 saturated carbocycles. The van der Waals surface area contributed by atoms with Gasteiger partial charge in [0.15, 0.2) is 0 Å².